The minimum atomic E-state index is -1.14. The number of carbonyl (C=O) groups excluding carboxylic acids is 2. The molecule has 23 heavy (non-hydrogen) atoms. The third-order valence-corrected chi connectivity index (χ3v) is 2.49. The topological polar surface area (TPSA) is 127 Å². The highest BCUT2D eigenvalue weighted by atomic mass is 16.6. The molecule has 0 amide bonds. The highest BCUT2D eigenvalue weighted by Gasteiger charge is 2.16. The van der Waals surface area contributed by atoms with Crippen LogP contribution in [0.1, 0.15) is 47.0 Å². The quantitative estimate of drug-likeness (QED) is 0.391. The number of carboxylic acids is 2. The average molecular weight is 332 g/mol. The molecule has 0 aliphatic rings. The Labute approximate surface area is 135 Å². The van der Waals surface area contributed by atoms with Gasteiger partial charge in [0, 0.05) is 11.1 Å². The minimum Gasteiger partial charge on any atom is -0.478 e. The lowest BCUT2D eigenvalue weighted by Crippen LogP contribution is -2.13. The van der Waals surface area contributed by atoms with E-state index in [1.807, 2.05) is 0 Å². The number of carbonyl (C=O) groups is 4. The van der Waals surface area contributed by atoms with Gasteiger partial charge in [-0.05, 0) is 26.7 Å². The van der Waals surface area contributed by atoms with Gasteiger partial charge in [-0.1, -0.05) is 13.8 Å². The largest absolute Gasteiger partial charge is 0.478 e. The molecule has 0 fully saturated rings. The van der Waals surface area contributed by atoms with Crippen LogP contribution in [0.25, 0.3) is 0 Å². The number of rotatable bonds is 8. The molecular weight excluding hydrogens is 308 g/mol. The lowest BCUT2D eigenvalue weighted by Gasteiger charge is -2.03. The van der Waals surface area contributed by atoms with Gasteiger partial charge in [-0.15, -0.1) is 0 Å². The van der Waals surface area contributed by atoms with E-state index in [-0.39, 0.29) is 43.6 Å². The van der Waals surface area contributed by atoms with Crippen LogP contribution < -0.4 is 0 Å². The molecule has 0 unspecified atom stereocenters. The Morgan fingerprint density at radius 1 is 0.696 bits per heavy atom. The van der Waals surface area contributed by atoms with Gasteiger partial charge < -0.3 is 19.7 Å². The van der Waals surface area contributed by atoms with Gasteiger partial charge in [0.1, 0.15) is 6.42 Å². The standard InChI is InChI=1S/C8H12O4.C7H12O4/c1-3-5(7(9)10)6(4-2)8(11)12;1-3-10-6(8)5-7(9)11-4-2/h3-4H2,1-2H3,(H,9,10)(H,11,12);3-5H2,1-2H3/b6-5-;. The van der Waals surface area contributed by atoms with Crippen molar-refractivity contribution < 1.29 is 38.9 Å². The van der Waals surface area contributed by atoms with Crippen LogP contribution in [-0.4, -0.2) is 47.3 Å². The molecule has 0 radical (unpaired) electrons. The summed E-state index contributed by atoms with van der Waals surface area (Å²) in [4.78, 5) is 42.2. The molecule has 0 bridgehead atoms. The van der Waals surface area contributed by atoms with E-state index >= 15 is 0 Å². The van der Waals surface area contributed by atoms with Crippen molar-refractivity contribution in [2.24, 2.45) is 0 Å². The third kappa shape index (κ3) is 10.9. The van der Waals surface area contributed by atoms with Crippen molar-refractivity contribution in [3.8, 4) is 0 Å². The maximum atomic E-state index is 10.6. The fourth-order valence-corrected chi connectivity index (χ4v) is 1.53. The zero-order valence-corrected chi connectivity index (χ0v) is 13.9. The van der Waals surface area contributed by atoms with Crippen LogP contribution in [0.3, 0.4) is 0 Å². The zero-order chi connectivity index (χ0) is 18.4. The summed E-state index contributed by atoms with van der Waals surface area (Å²) in [6.07, 6.45) is 0.192. The van der Waals surface area contributed by atoms with Gasteiger partial charge in [0.05, 0.1) is 13.2 Å². The Morgan fingerprint density at radius 3 is 1.17 bits per heavy atom. The van der Waals surface area contributed by atoms with Crippen LogP contribution in [0.4, 0.5) is 0 Å². The number of hydrogen-bond acceptors (Lipinski definition) is 6. The van der Waals surface area contributed by atoms with E-state index in [9.17, 15) is 19.2 Å². The van der Waals surface area contributed by atoms with E-state index in [2.05, 4.69) is 9.47 Å². The molecule has 8 heteroatoms. The summed E-state index contributed by atoms with van der Waals surface area (Å²) in [5.74, 6) is -3.36. The normalized spacial score (nSPS) is 10.6. The summed E-state index contributed by atoms with van der Waals surface area (Å²) < 4.78 is 9.04. The van der Waals surface area contributed by atoms with Gasteiger partial charge in [-0.2, -0.15) is 0 Å². The molecule has 0 atom stereocenters. The van der Waals surface area contributed by atoms with Gasteiger partial charge in [-0.3, -0.25) is 9.59 Å². The predicted octanol–water partition coefficient (Wildman–Crippen LogP) is 1.77. The van der Waals surface area contributed by atoms with Crippen molar-refractivity contribution in [3.63, 3.8) is 0 Å². The Morgan fingerprint density at radius 2 is 1.00 bits per heavy atom. The maximum Gasteiger partial charge on any atom is 0.332 e. The third-order valence-electron chi connectivity index (χ3n) is 2.49. The minimum absolute atomic E-state index is 0.00926. The lowest BCUT2D eigenvalue weighted by molar-refractivity contribution is -0.154. The SMILES string of the molecule is CC/C(C(=O)O)=C(\CC)C(=O)O.CCOC(=O)CC(=O)OCC. The number of esters is 2. The molecule has 0 aromatic rings. The van der Waals surface area contributed by atoms with Gasteiger partial charge in [0.2, 0.25) is 0 Å². The molecule has 0 spiro atoms. The molecular formula is C15H24O8. The van der Waals surface area contributed by atoms with Gasteiger partial charge >= 0.3 is 23.9 Å². The van der Waals surface area contributed by atoms with Crippen LogP contribution in [-0.2, 0) is 28.7 Å². The molecule has 0 saturated carbocycles. The first-order chi connectivity index (χ1) is 10.7. The van der Waals surface area contributed by atoms with Crippen molar-refractivity contribution in [1.29, 1.82) is 0 Å². The summed E-state index contributed by atoms with van der Waals surface area (Å²) in [6.45, 7) is 7.20. The molecule has 0 aliphatic carbocycles. The highest BCUT2D eigenvalue weighted by molar-refractivity contribution is 5.98. The Hall–Kier alpha value is -2.38. The number of carboxylic acid groups (broad SMARTS) is 2. The molecule has 0 heterocycles. The summed E-state index contributed by atoms with van der Waals surface area (Å²) in [7, 11) is 0. The summed E-state index contributed by atoms with van der Waals surface area (Å²) in [5.41, 5.74) is -0.0185. The molecule has 132 valence electrons. The second-order valence-corrected chi connectivity index (χ2v) is 4.06. The molecule has 2 N–H and O–H groups in total. The summed E-state index contributed by atoms with van der Waals surface area (Å²) >= 11 is 0. The van der Waals surface area contributed by atoms with Crippen LogP contribution in [0.5, 0.6) is 0 Å². The summed E-state index contributed by atoms with van der Waals surface area (Å²) in [6, 6.07) is 0. The number of hydrogen-bond donors (Lipinski definition) is 2. The molecule has 0 aliphatic heterocycles. The van der Waals surface area contributed by atoms with Gasteiger partial charge in [-0.25, -0.2) is 9.59 Å². The molecule has 8 nitrogen and oxygen atoms in total. The van der Waals surface area contributed by atoms with Crippen molar-refractivity contribution in [1.82, 2.24) is 0 Å². The van der Waals surface area contributed by atoms with E-state index in [4.69, 9.17) is 10.2 Å². The van der Waals surface area contributed by atoms with E-state index in [0.717, 1.165) is 0 Å². The van der Waals surface area contributed by atoms with Crippen molar-refractivity contribution in [2.75, 3.05) is 13.2 Å². The molecule has 0 aromatic heterocycles. The van der Waals surface area contributed by atoms with Gasteiger partial charge in [0.25, 0.3) is 0 Å². The monoisotopic (exact) mass is 332 g/mol. The van der Waals surface area contributed by atoms with E-state index in [1.54, 1.807) is 27.7 Å². The van der Waals surface area contributed by atoms with Crippen molar-refractivity contribution in [3.05, 3.63) is 11.1 Å². The zero-order valence-electron chi connectivity index (χ0n) is 13.9. The second kappa shape index (κ2) is 13.3. The molecule has 0 rings (SSSR count). The van der Waals surface area contributed by atoms with Crippen LogP contribution in [0.15, 0.2) is 11.1 Å². The first kappa shape index (κ1) is 22.9. The first-order valence-corrected chi connectivity index (χ1v) is 7.24. The smallest absolute Gasteiger partial charge is 0.332 e. The molecule has 0 saturated heterocycles. The Balaban J connectivity index is 0. The average Bonchev–Trinajstić information content (AvgIpc) is 2.44. The molecule has 0 aromatic carbocycles. The van der Waals surface area contributed by atoms with Crippen LogP contribution >= 0.6 is 0 Å². The predicted molar refractivity (Wildman–Crippen MR) is 80.8 cm³/mol. The van der Waals surface area contributed by atoms with Crippen LogP contribution in [0.2, 0.25) is 0 Å². The number of ether oxygens (including phenoxy) is 2. The number of aliphatic carboxylic acids is 2. The fourth-order valence-electron chi connectivity index (χ4n) is 1.53. The Bertz CT molecular complexity index is 410. The van der Waals surface area contributed by atoms with Crippen molar-refractivity contribution in [2.45, 2.75) is 47.0 Å². The lowest BCUT2D eigenvalue weighted by atomic mass is 10.0. The van der Waals surface area contributed by atoms with Gasteiger partial charge in [0.15, 0.2) is 0 Å². The summed E-state index contributed by atoms with van der Waals surface area (Å²) in [5, 5.41) is 17.2. The maximum absolute atomic E-state index is 10.6. The fraction of sp³-hybridized carbons (Fsp3) is 0.600. The van der Waals surface area contributed by atoms with E-state index in [0.29, 0.717) is 0 Å². The van der Waals surface area contributed by atoms with Crippen LogP contribution in [0, 0.1) is 0 Å². The van der Waals surface area contributed by atoms with Crippen molar-refractivity contribution >= 4 is 23.9 Å². The second-order valence-electron chi connectivity index (χ2n) is 4.06. The Kier molecular flexibility index (Phi) is 13.2. The highest BCUT2D eigenvalue weighted by Crippen LogP contribution is 2.12. The van der Waals surface area contributed by atoms with E-state index < -0.39 is 23.9 Å². The first-order valence-electron chi connectivity index (χ1n) is 7.24. The van der Waals surface area contributed by atoms with E-state index in [1.165, 1.54) is 0 Å².